The lowest BCUT2D eigenvalue weighted by Crippen LogP contribution is -2.44. The Bertz CT molecular complexity index is 463. The third kappa shape index (κ3) is 5.17. The number of hydrogen-bond acceptors (Lipinski definition) is 3. The summed E-state index contributed by atoms with van der Waals surface area (Å²) in [7, 11) is 0. The van der Waals surface area contributed by atoms with Gasteiger partial charge in [0.2, 0.25) is 0 Å². The molecule has 1 heterocycles. The first kappa shape index (κ1) is 15.5. The molecule has 1 unspecified atom stereocenters. The molecule has 0 saturated heterocycles. The Hall–Kier alpha value is -1.91. The number of benzene rings is 1. The number of fused-ring (bicyclic) bond motifs is 1. The van der Waals surface area contributed by atoms with Crippen LogP contribution in [-0.4, -0.2) is 31.8 Å². The Morgan fingerprint density at radius 1 is 1.29 bits per heavy atom. The smallest absolute Gasteiger partial charge is 0.314 e. The Morgan fingerprint density at radius 3 is 2.81 bits per heavy atom. The summed E-state index contributed by atoms with van der Waals surface area (Å²) in [5.74, 6) is 2.16. The molecule has 1 atom stereocenters. The van der Waals surface area contributed by atoms with Gasteiger partial charge in [-0.25, -0.2) is 4.79 Å². The minimum atomic E-state index is -0.152. The Balaban J connectivity index is 1.64. The molecule has 0 fully saturated rings. The third-order valence-corrected chi connectivity index (χ3v) is 3.30. The fraction of sp³-hybridized carbons (Fsp3) is 0.562. The van der Waals surface area contributed by atoms with Crippen molar-refractivity contribution >= 4 is 6.03 Å². The Morgan fingerprint density at radius 2 is 2.05 bits per heavy atom. The van der Waals surface area contributed by atoms with Crippen LogP contribution in [0.2, 0.25) is 0 Å². The van der Waals surface area contributed by atoms with E-state index in [1.165, 1.54) is 0 Å². The first-order valence-electron chi connectivity index (χ1n) is 7.55. The predicted octanol–water partition coefficient (Wildman–Crippen LogP) is 2.56. The van der Waals surface area contributed by atoms with Crippen LogP contribution in [-0.2, 0) is 0 Å². The summed E-state index contributed by atoms with van der Waals surface area (Å²) < 4.78 is 11.4. The van der Waals surface area contributed by atoms with E-state index in [2.05, 4.69) is 24.5 Å². The number of nitrogens with one attached hydrogen (secondary N) is 2. The molecule has 1 aliphatic heterocycles. The van der Waals surface area contributed by atoms with Crippen LogP contribution >= 0.6 is 0 Å². The van der Waals surface area contributed by atoms with E-state index in [1.807, 2.05) is 24.3 Å². The summed E-state index contributed by atoms with van der Waals surface area (Å²) in [6.07, 6.45) is 1.97. The Kier molecular flexibility index (Phi) is 5.72. The number of carbonyl (C=O) groups excluding carboxylic acids is 1. The molecule has 5 nitrogen and oxygen atoms in total. The van der Waals surface area contributed by atoms with Crippen LogP contribution in [0.15, 0.2) is 24.3 Å². The van der Waals surface area contributed by atoms with Gasteiger partial charge in [0.1, 0.15) is 6.61 Å². The van der Waals surface area contributed by atoms with Crippen LogP contribution in [0.25, 0.3) is 0 Å². The molecule has 0 saturated carbocycles. The number of hydrogen-bond donors (Lipinski definition) is 2. The van der Waals surface area contributed by atoms with Gasteiger partial charge in [-0.15, -0.1) is 0 Å². The lowest BCUT2D eigenvalue weighted by Gasteiger charge is -2.26. The van der Waals surface area contributed by atoms with E-state index in [-0.39, 0.29) is 12.1 Å². The number of para-hydroxylation sites is 2. The molecule has 116 valence electrons. The number of ether oxygens (including phenoxy) is 2. The number of rotatable bonds is 6. The van der Waals surface area contributed by atoms with Crippen molar-refractivity contribution in [2.75, 3.05) is 19.7 Å². The van der Waals surface area contributed by atoms with E-state index < -0.39 is 0 Å². The van der Waals surface area contributed by atoms with E-state index in [0.717, 1.165) is 24.3 Å². The van der Waals surface area contributed by atoms with Crippen molar-refractivity contribution in [1.82, 2.24) is 10.6 Å². The minimum absolute atomic E-state index is 0.152. The average Bonchev–Trinajstić information content (AvgIpc) is 2.49. The molecule has 1 aromatic rings. The number of carbonyl (C=O) groups is 1. The zero-order valence-corrected chi connectivity index (χ0v) is 12.7. The highest BCUT2D eigenvalue weighted by atomic mass is 16.6. The lowest BCUT2D eigenvalue weighted by molar-refractivity contribution is 0.0918. The van der Waals surface area contributed by atoms with Crippen LogP contribution < -0.4 is 20.1 Å². The number of urea groups is 1. The first-order chi connectivity index (χ1) is 10.1. The highest BCUT2D eigenvalue weighted by molar-refractivity contribution is 5.73. The molecule has 0 spiro atoms. The molecule has 0 aliphatic carbocycles. The van der Waals surface area contributed by atoms with Crippen molar-refractivity contribution in [2.24, 2.45) is 5.92 Å². The second-order valence-corrected chi connectivity index (χ2v) is 5.67. The summed E-state index contributed by atoms with van der Waals surface area (Å²) in [6.45, 7) is 5.94. The summed E-state index contributed by atoms with van der Waals surface area (Å²) in [6, 6.07) is 7.40. The predicted molar refractivity (Wildman–Crippen MR) is 81.8 cm³/mol. The maximum atomic E-state index is 11.7. The van der Waals surface area contributed by atoms with Crippen molar-refractivity contribution in [1.29, 1.82) is 0 Å². The minimum Gasteiger partial charge on any atom is -0.486 e. The highest BCUT2D eigenvalue weighted by Crippen LogP contribution is 2.30. The Labute approximate surface area is 126 Å². The number of amides is 2. The van der Waals surface area contributed by atoms with E-state index in [9.17, 15) is 4.79 Å². The van der Waals surface area contributed by atoms with Crippen LogP contribution in [0.4, 0.5) is 4.79 Å². The van der Waals surface area contributed by atoms with Crippen LogP contribution in [0.1, 0.15) is 26.7 Å². The maximum absolute atomic E-state index is 11.7. The summed E-state index contributed by atoms with van der Waals surface area (Å²) in [4.78, 5) is 11.7. The average molecular weight is 292 g/mol. The molecule has 2 N–H and O–H groups in total. The van der Waals surface area contributed by atoms with E-state index in [4.69, 9.17) is 9.47 Å². The van der Waals surface area contributed by atoms with Crippen LogP contribution in [0.3, 0.4) is 0 Å². The second-order valence-electron chi connectivity index (χ2n) is 5.67. The largest absolute Gasteiger partial charge is 0.486 e. The van der Waals surface area contributed by atoms with Gasteiger partial charge in [-0.05, 0) is 30.9 Å². The van der Waals surface area contributed by atoms with Gasteiger partial charge in [-0.2, -0.15) is 0 Å². The van der Waals surface area contributed by atoms with Gasteiger partial charge in [0.05, 0.1) is 6.54 Å². The van der Waals surface area contributed by atoms with Gasteiger partial charge < -0.3 is 20.1 Å². The van der Waals surface area contributed by atoms with Gasteiger partial charge in [0.15, 0.2) is 17.6 Å². The monoisotopic (exact) mass is 292 g/mol. The molecule has 0 radical (unpaired) electrons. The third-order valence-electron chi connectivity index (χ3n) is 3.30. The molecule has 2 amide bonds. The van der Waals surface area contributed by atoms with Gasteiger partial charge in [0, 0.05) is 6.54 Å². The molecule has 1 aromatic carbocycles. The lowest BCUT2D eigenvalue weighted by atomic mass is 10.1. The van der Waals surface area contributed by atoms with Gasteiger partial charge in [-0.3, -0.25) is 0 Å². The summed E-state index contributed by atoms with van der Waals surface area (Å²) in [5, 5.41) is 5.67. The highest BCUT2D eigenvalue weighted by Gasteiger charge is 2.20. The molecule has 1 aliphatic rings. The zero-order chi connectivity index (χ0) is 15.1. The quantitative estimate of drug-likeness (QED) is 0.792. The van der Waals surface area contributed by atoms with Crippen molar-refractivity contribution in [3.05, 3.63) is 24.3 Å². The van der Waals surface area contributed by atoms with E-state index in [0.29, 0.717) is 25.6 Å². The standard InChI is InChI=1S/C16H24N2O3/c1-12(2)6-5-9-17-16(19)18-10-13-11-20-14-7-3-4-8-15(14)21-13/h3-4,7-8,12-13H,5-6,9-11H2,1-2H3,(H2,17,18,19). The van der Waals surface area contributed by atoms with Gasteiger partial charge in [-0.1, -0.05) is 26.0 Å². The molecule has 0 aromatic heterocycles. The molecule has 5 heteroatoms. The van der Waals surface area contributed by atoms with E-state index >= 15 is 0 Å². The van der Waals surface area contributed by atoms with Crippen LogP contribution in [0.5, 0.6) is 11.5 Å². The molecular formula is C16H24N2O3. The normalized spacial score (nSPS) is 16.6. The molecular weight excluding hydrogens is 268 g/mol. The van der Waals surface area contributed by atoms with Crippen molar-refractivity contribution in [3.63, 3.8) is 0 Å². The topological polar surface area (TPSA) is 59.6 Å². The summed E-state index contributed by atoms with van der Waals surface area (Å²) in [5.41, 5.74) is 0. The van der Waals surface area contributed by atoms with Gasteiger partial charge in [0.25, 0.3) is 0 Å². The molecule has 21 heavy (non-hydrogen) atoms. The zero-order valence-electron chi connectivity index (χ0n) is 12.7. The van der Waals surface area contributed by atoms with Crippen LogP contribution in [0, 0.1) is 5.92 Å². The van der Waals surface area contributed by atoms with Gasteiger partial charge >= 0.3 is 6.03 Å². The second kappa shape index (κ2) is 7.76. The van der Waals surface area contributed by atoms with Crippen molar-refractivity contribution < 1.29 is 14.3 Å². The fourth-order valence-corrected chi connectivity index (χ4v) is 2.14. The first-order valence-corrected chi connectivity index (χ1v) is 7.55. The summed E-state index contributed by atoms with van der Waals surface area (Å²) >= 11 is 0. The SMILES string of the molecule is CC(C)CCCNC(=O)NCC1COc2ccccc2O1. The molecule has 2 rings (SSSR count). The fourth-order valence-electron chi connectivity index (χ4n) is 2.14. The van der Waals surface area contributed by atoms with Crippen molar-refractivity contribution in [2.45, 2.75) is 32.8 Å². The van der Waals surface area contributed by atoms with E-state index in [1.54, 1.807) is 0 Å². The van der Waals surface area contributed by atoms with Crippen molar-refractivity contribution in [3.8, 4) is 11.5 Å². The maximum Gasteiger partial charge on any atom is 0.314 e. The molecule has 0 bridgehead atoms.